The van der Waals surface area contributed by atoms with Gasteiger partial charge < -0.3 is 4.90 Å². The molecule has 88 valence electrons. The zero-order chi connectivity index (χ0) is 12.0. The van der Waals surface area contributed by atoms with E-state index in [4.69, 9.17) is 0 Å². The monoisotopic (exact) mass is 239 g/mol. The van der Waals surface area contributed by atoms with E-state index in [0.717, 1.165) is 4.88 Å². The highest BCUT2D eigenvalue weighted by Crippen LogP contribution is 2.12. The predicted molar refractivity (Wildman–Crippen MR) is 65.8 cm³/mol. The van der Waals surface area contributed by atoms with E-state index in [9.17, 15) is 9.59 Å². The van der Waals surface area contributed by atoms with Crippen LogP contribution < -0.4 is 0 Å². The molecule has 1 rings (SSSR count). The summed E-state index contributed by atoms with van der Waals surface area (Å²) in [6.07, 6.45) is 0.633. The molecule has 0 saturated heterocycles. The second-order valence-corrected chi connectivity index (χ2v) is 4.41. The van der Waals surface area contributed by atoms with Gasteiger partial charge in [-0.2, -0.15) is 0 Å². The molecule has 0 fully saturated rings. The summed E-state index contributed by atoms with van der Waals surface area (Å²) in [4.78, 5) is 25.8. The first kappa shape index (κ1) is 12.9. The maximum atomic E-state index is 11.7. The van der Waals surface area contributed by atoms with E-state index < -0.39 is 0 Å². The first-order chi connectivity index (χ1) is 7.69. The second kappa shape index (κ2) is 6.43. The van der Waals surface area contributed by atoms with Gasteiger partial charge in [0.1, 0.15) is 0 Å². The Morgan fingerprint density at radius 2 is 1.94 bits per heavy atom. The predicted octanol–water partition coefficient (Wildman–Crippen LogP) is 2.58. The Morgan fingerprint density at radius 3 is 2.44 bits per heavy atom. The molecule has 1 aromatic rings. The number of hydrogen-bond donors (Lipinski definition) is 0. The lowest BCUT2D eigenvalue weighted by Crippen LogP contribution is -2.30. The van der Waals surface area contributed by atoms with Crippen molar-refractivity contribution in [3.63, 3.8) is 0 Å². The quantitative estimate of drug-likeness (QED) is 0.715. The van der Waals surface area contributed by atoms with Crippen LogP contribution in [0.15, 0.2) is 17.5 Å². The van der Waals surface area contributed by atoms with Crippen molar-refractivity contribution in [3.8, 4) is 0 Å². The fourth-order valence-electron chi connectivity index (χ4n) is 1.52. The van der Waals surface area contributed by atoms with Crippen LogP contribution in [0.1, 0.15) is 36.4 Å². The van der Waals surface area contributed by atoms with Crippen LogP contribution in [0.25, 0.3) is 0 Å². The van der Waals surface area contributed by atoms with Crippen molar-refractivity contribution in [1.82, 2.24) is 4.90 Å². The van der Waals surface area contributed by atoms with E-state index in [1.807, 2.05) is 25.3 Å². The number of amides is 1. The number of hydrogen-bond acceptors (Lipinski definition) is 3. The molecule has 16 heavy (non-hydrogen) atoms. The van der Waals surface area contributed by atoms with Gasteiger partial charge in [0, 0.05) is 25.9 Å². The van der Waals surface area contributed by atoms with Crippen LogP contribution in [0.2, 0.25) is 0 Å². The molecule has 0 bridgehead atoms. The Bertz CT molecular complexity index is 342. The number of nitrogens with zero attached hydrogens (tertiary/aromatic N) is 1. The minimum atomic E-state index is 0.0647. The summed E-state index contributed by atoms with van der Waals surface area (Å²) in [6, 6.07) is 3.65. The van der Waals surface area contributed by atoms with Crippen molar-refractivity contribution < 1.29 is 9.59 Å². The first-order valence-electron chi connectivity index (χ1n) is 5.53. The van der Waals surface area contributed by atoms with Crippen molar-refractivity contribution in [2.45, 2.75) is 26.7 Å². The Kier molecular flexibility index (Phi) is 5.19. The molecule has 4 heteroatoms. The van der Waals surface area contributed by atoms with E-state index in [-0.39, 0.29) is 11.7 Å². The molecular formula is C12H17NO2S. The summed E-state index contributed by atoms with van der Waals surface area (Å²) in [5, 5.41) is 1.87. The minimum absolute atomic E-state index is 0.0647. The van der Waals surface area contributed by atoms with Crippen LogP contribution in [-0.2, 0) is 4.79 Å². The number of carbonyl (C=O) groups is 2. The zero-order valence-electron chi connectivity index (χ0n) is 9.73. The molecule has 3 nitrogen and oxygen atoms in total. The maximum absolute atomic E-state index is 11.7. The summed E-state index contributed by atoms with van der Waals surface area (Å²) >= 11 is 1.43. The lowest BCUT2D eigenvalue weighted by Gasteiger charge is -2.17. The van der Waals surface area contributed by atoms with Gasteiger partial charge in [0.15, 0.2) is 5.78 Å². The van der Waals surface area contributed by atoms with Gasteiger partial charge in [-0.3, -0.25) is 9.59 Å². The number of Topliss-reactive ketones (excluding diaryl/α,β-unsaturated/α-hetero) is 1. The third-order valence-corrected chi connectivity index (χ3v) is 3.39. The lowest BCUT2D eigenvalue weighted by atomic mass is 10.2. The van der Waals surface area contributed by atoms with Crippen LogP contribution in [0.4, 0.5) is 0 Å². The minimum Gasteiger partial charge on any atom is -0.343 e. The molecule has 0 atom stereocenters. The van der Waals surface area contributed by atoms with Gasteiger partial charge in [0.05, 0.1) is 4.88 Å². The Hall–Kier alpha value is -1.16. The number of rotatable bonds is 6. The normalized spacial score (nSPS) is 10.1. The SMILES string of the molecule is CCN(CC)C(=O)CCC(=O)c1cccs1. The maximum Gasteiger partial charge on any atom is 0.223 e. The number of carbonyl (C=O) groups excluding carboxylic acids is 2. The molecule has 0 aliphatic carbocycles. The van der Waals surface area contributed by atoms with Crippen LogP contribution >= 0.6 is 11.3 Å². The van der Waals surface area contributed by atoms with Crippen molar-refractivity contribution in [2.24, 2.45) is 0 Å². The van der Waals surface area contributed by atoms with Gasteiger partial charge >= 0.3 is 0 Å². The standard InChI is InChI=1S/C12H17NO2S/c1-3-13(4-2)12(15)8-7-10(14)11-6-5-9-16-11/h5-6,9H,3-4,7-8H2,1-2H3. The highest BCUT2D eigenvalue weighted by molar-refractivity contribution is 7.12. The van der Waals surface area contributed by atoms with E-state index >= 15 is 0 Å². The van der Waals surface area contributed by atoms with Gasteiger partial charge in [0.2, 0.25) is 5.91 Å². The molecule has 0 spiro atoms. The van der Waals surface area contributed by atoms with Crippen molar-refractivity contribution in [1.29, 1.82) is 0 Å². The Morgan fingerprint density at radius 1 is 1.25 bits per heavy atom. The first-order valence-corrected chi connectivity index (χ1v) is 6.41. The van der Waals surface area contributed by atoms with Gasteiger partial charge in [-0.15, -0.1) is 11.3 Å². The van der Waals surface area contributed by atoms with Crippen molar-refractivity contribution in [3.05, 3.63) is 22.4 Å². The average molecular weight is 239 g/mol. The molecule has 1 amide bonds. The third kappa shape index (κ3) is 3.45. The fourth-order valence-corrected chi connectivity index (χ4v) is 2.21. The van der Waals surface area contributed by atoms with Crippen LogP contribution in [0.5, 0.6) is 0 Å². The van der Waals surface area contributed by atoms with Crippen LogP contribution in [0, 0.1) is 0 Å². The van der Waals surface area contributed by atoms with Crippen molar-refractivity contribution in [2.75, 3.05) is 13.1 Å². The Balaban J connectivity index is 2.40. The number of thiophene rings is 1. The molecule has 0 unspecified atom stereocenters. The van der Waals surface area contributed by atoms with Gasteiger partial charge in [-0.05, 0) is 25.3 Å². The molecule has 1 aromatic heterocycles. The Labute approximate surface area is 100 Å². The summed E-state index contributed by atoms with van der Waals surface area (Å²) in [6.45, 7) is 5.32. The summed E-state index contributed by atoms with van der Waals surface area (Å²) < 4.78 is 0. The molecule has 0 aromatic carbocycles. The number of ketones is 1. The summed E-state index contributed by atoms with van der Waals surface area (Å²) in [5.74, 6) is 0.130. The fraction of sp³-hybridized carbons (Fsp3) is 0.500. The molecule has 0 aliphatic rings. The van der Waals surface area contributed by atoms with Crippen molar-refractivity contribution >= 4 is 23.0 Å². The van der Waals surface area contributed by atoms with Gasteiger partial charge in [-0.1, -0.05) is 6.07 Å². The van der Waals surface area contributed by atoms with E-state index in [1.54, 1.807) is 11.0 Å². The van der Waals surface area contributed by atoms with Crippen LogP contribution in [-0.4, -0.2) is 29.7 Å². The third-order valence-electron chi connectivity index (χ3n) is 2.48. The summed E-state index contributed by atoms with van der Waals surface area (Å²) in [5.41, 5.74) is 0. The van der Waals surface area contributed by atoms with E-state index in [1.165, 1.54) is 11.3 Å². The molecule has 0 aliphatic heterocycles. The summed E-state index contributed by atoms with van der Waals surface area (Å²) in [7, 11) is 0. The van der Waals surface area contributed by atoms with E-state index in [0.29, 0.717) is 25.9 Å². The molecule has 1 heterocycles. The highest BCUT2D eigenvalue weighted by Gasteiger charge is 2.13. The van der Waals surface area contributed by atoms with E-state index in [2.05, 4.69) is 0 Å². The average Bonchev–Trinajstić information content (AvgIpc) is 2.81. The topological polar surface area (TPSA) is 37.4 Å². The smallest absolute Gasteiger partial charge is 0.223 e. The molecule has 0 saturated carbocycles. The largest absolute Gasteiger partial charge is 0.343 e. The molecular weight excluding hydrogens is 222 g/mol. The zero-order valence-corrected chi connectivity index (χ0v) is 10.5. The van der Waals surface area contributed by atoms with Crippen LogP contribution in [0.3, 0.4) is 0 Å². The second-order valence-electron chi connectivity index (χ2n) is 3.47. The highest BCUT2D eigenvalue weighted by atomic mass is 32.1. The van der Waals surface area contributed by atoms with Gasteiger partial charge in [-0.25, -0.2) is 0 Å². The molecule has 0 radical (unpaired) electrons. The van der Waals surface area contributed by atoms with Gasteiger partial charge in [0.25, 0.3) is 0 Å². The lowest BCUT2D eigenvalue weighted by molar-refractivity contribution is -0.130. The molecule has 0 N–H and O–H groups in total.